The molecule has 1 unspecified atom stereocenters. The topological polar surface area (TPSA) is 66.8 Å². The van der Waals surface area contributed by atoms with Crippen LogP contribution in [0.4, 0.5) is 5.69 Å². The first-order chi connectivity index (χ1) is 9.06. The summed E-state index contributed by atoms with van der Waals surface area (Å²) in [7, 11) is 1.28. The lowest BCUT2D eigenvalue weighted by atomic mass is 10.1. The smallest absolute Gasteiger partial charge is 0.339 e. The molecule has 1 heterocycles. The zero-order valence-corrected chi connectivity index (χ0v) is 11.2. The number of methoxy groups -OCH3 is 1. The van der Waals surface area contributed by atoms with Gasteiger partial charge >= 0.3 is 5.97 Å². The van der Waals surface area contributed by atoms with Crippen LogP contribution < -0.4 is 4.90 Å². The number of hydrogen-bond donors (Lipinski definition) is 1. The second-order valence-corrected chi connectivity index (χ2v) is 4.85. The molecule has 1 fully saturated rings. The van der Waals surface area contributed by atoms with Crippen molar-refractivity contribution in [3.63, 3.8) is 0 Å². The highest BCUT2D eigenvalue weighted by molar-refractivity contribution is 6.31. The minimum atomic E-state index is -0.521. The molecule has 0 bridgehead atoms. The molecule has 1 amide bonds. The molecule has 1 atom stereocenters. The molecule has 0 saturated carbocycles. The van der Waals surface area contributed by atoms with E-state index in [0.717, 1.165) is 0 Å². The Balaban J connectivity index is 2.41. The number of carbonyl (C=O) groups excluding carboxylic acids is 2. The van der Waals surface area contributed by atoms with Crippen molar-refractivity contribution in [2.45, 2.75) is 6.42 Å². The Bertz CT molecular complexity index is 517. The molecular formula is C13H14ClNO4. The summed E-state index contributed by atoms with van der Waals surface area (Å²) in [5, 5.41) is 9.56. The number of esters is 1. The van der Waals surface area contributed by atoms with Crippen LogP contribution in [-0.2, 0) is 9.53 Å². The number of anilines is 1. The van der Waals surface area contributed by atoms with Gasteiger partial charge in [-0.15, -0.1) is 0 Å². The lowest BCUT2D eigenvalue weighted by molar-refractivity contribution is -0.117. The Morgan fingerprint density at radius 1 is 1.58 bits per heavy atom. The van der Waals surface area contributed by atoms with Crippen LogP contribution in [0.5, 0.6) is 0 Å². The summed E-state index contributed by atoms with van der Waals surface area (Å²) < 4.78 is 4.70. The molecule has 19 heavy (non-hydrogen) atoms. The van der Waals surface area contributed by atoms with E-state index in [2.05, 4.69) is 0 Å². The van der Waals surface area contributed by atoms with Gasteiger partial charge in [0.05, 0.1) is 18.4 Å². The minimum Gasteiger partial charge on any atom is -0.465 e. The number of hydrogen-bond acceptors (Lipinski definition) is 4. The number of rotatable bonds is 3. The van der Waals surface area contributed by atoms with E-state index in [9.17, 15) is 9.59 Å². The van der Waals surface area contributed by atoms with Gasteiger partial charge in [-0.05, 0) is 18.2 Å². The lowest BCUT2D eigenvalue weighted by Crippen LogP contribution is -2.27. The third kappa shape index (κ3) is 2.72. The van der Waals surface area contributed by atoms with Crippen molar-refractivity contribution >= 4 is 29.2 Å². The maximum atomic E-state index is 11.9. The number of aliphatic hydroxyl groups is 1. The Kier molecular flexibility index (Phi) is 4.07. The Morgan fingerprint density at radius 2 is 2.32 bits per heavy atom. The summed E-state index contributed by atoms with van der Waals surface area (Å²) in [6, 6.07) is 4.66. The molecule has 6 heteroatoms. The van der Waals surface area contributed by atoms with Gasteiger partial charge in [0.2, 0.25) is 5.91 Å². The first-order valence-corrected chi connectivity index (χ1v) is 6.23. The maximum absolute atomic E-state index is 11.9. The SMILES string of the molecule is COC(=O)c1ccc(Cl)cc1N1CC(CO)CC1=O. The van der Waals surface area contributed by atoms with Gasteiger partial charge < -0.3 is 14.7 Å². The van der Waals surface area contributed by atoms with E-state index in [1.807, 2.05) is 0 Å². The molecular weight excluding hydrogens is 270 g/mol. The highest BCUT2D eigenvalue weighted by atomic mass is 35.5. The second kappa shape index (κ2) is 5.59. The van der Waals surface area contributed by atoms with Crippen LogP contribution in [0.15, 0.2) is 18.2 Å². The average Bonchev–Trinajstić information content (AvgIpc) is 2.79. The zero-order valence-electron chi connectivity index (χ0n) is 10.4. The molecule has 1 N–H and O–H groups in total. The number of carbonyl (C=O) groups is 2. The monoisotopic (exact) mass is 283 g/mol. The number of benzene rings is 1. The zero-order chi connectivity index (χ0) is 14.0. The van der Waals surface area contributed by atoms with Gasteiger partial charge in [0.25, 0.3) is 0 Å². The van der Waals surface area contributed by atoms with Gasteiger partial charge in [0.1, 0.15) is 0 Å². The minimum absolute atomic E-state index is 0.0592. The van der Waals surface area contributed by atoms with Gasteiger partial charge in [0.15, 0.2) is 0 Å². The van der Waals surface area contributed by atoms with Crippen molar-refractivity contribution in [3.8, 4) is 0 Å². The lowest BCUT2D eigenvalue weighted by Gasteiger charge is -2.19. The summed E-state index contributed by atoms with van der Waals surface area (Å²) in [5.41, 5.74) is 0.721. The van der Waals surface area contributed by atoms with Crippen molar-refractivity contribution in [2.75, 3.05) is 25.2 Å². The van der Waals surface area contributed by atoms with Crippen LogP contribution in [0, 0.1) is 5.92 Å². The molecule has 2 rings (SSSR count). The Morgan fingerprint density at radius 3 is 2.89 bits per heavy atom. The Hall–Kier alpha value is -1.59. The van der Waals surface area contributed by atoms with Crippen molar-refractivity contribution in [1.29, 1.82) is 0 Å². The van der Waals surface area contributed by atoms with Crippen LogP contribution in [0.25, 0.3) is 0 Å². The summed E-state index contributed by atoms with van der Waals surface area (Å²) in [6.07, 6.45) is 0.267. The van der Waals surface area contributed by atoms with Crippen LogP contribution in [-0.4, -0.2) is 37.2 Å². The van der Waals surface area contributed by atoms with E-state index >= 15 is 0 Å². The highest BCUT2D eigenvalue weighted by Crippen LogP contribution is 2.30. The first-order valence-electron chi connectivity index (χ1n) is 5.86. The van der Waals surface area contributed by atoms with Gasteiger partial charge in [-0.1, -0.05) is 11.6 Å². The fourth-order valence-corrected chi connectivity index (χ4v) is 2.31. The summed E-state index contributed by atoms with van der Waals surface area (Å²) in [4.78, 5) is 25.1. The van der Waals surface area contributed by atoms with Gasteiger partial charge in [-0.2, -0.15) is 0 Å². The van der Waals surface area contributed by atoms with Crippen LogP contribution >= 0.6 is 11.6 Å². The number of nitrogens with zero attached hydrogens (tertiary/aromatic N) is 1. The average molecular weight is 284 g/mol. The van der Waals surface area contributed by atoms with E-state index in [-0.39, 0.29) is 24.9 Å². The summed E-state index contributed by atoms with van der Waals surface area (Å²) in [6.45, 7) is 0.316. The molecule has 1 saturated heterocycles. The molecule has 0 radical (unpaired) electrons. The standard InChI is InChI=1S/C13H14ClNO4/c1-19-13(18)10-3-2-9(14)5-11(10)15-6-8(7-16)4-12(15)17/h2-3,5,8,16H,4,6-7H2,1H3. The van der Waals surface area contributed by atoms with E-state index in [1.165, 1.54) is 18.1 Å². The van der Waals surface area contributed by atoms with Crippen LogP contribution in [0.2, 0.25) is 5.02 Å². The van der Waals surface area contributed by atoms with E-state index < -0.39 is 5.97 Å². The molecule has 1 aromatic carbocycles. The van der Waals surface area contributed by atoms with Crippen LogP contribution in [0.1, 0.15) is 16.8 Å². The highest BCUT2D eigenvalue weighted by Gasteiger charge is 2.32. The number of ether oxygens (including phenoxy) is 1. The molecule has 0 aliphatic carbocycles. The summed E-state index contributed by atoms with van der Waals surface area (Å²) in [5.74, 6) is -0.768. The molecule has 0 spiro atoms. The predicted molar refractivity (Wildman–Crippen MR) is 70.3 cm³/mol. The largest absolute Gasteiger partial charge is 0.465 e. The number of halogens is 1. The quantitative estimate of drug-likeness (QED) is 0.853. The van der Waals surface area contributed by atoms with Crippen LogP contribution in [0.3, 0.4) is 0 Å². The van der Waals surface area contributed by atoms with Gasteiger partial charge in [-0.25, -0.2) is 4.79 Å². The fraction of sp³-hybridized carbons (Fsp3) is 0.385. The van der Waals surface area contributed by atoms with E-state index in [4.69, 9.17) is 21.4 Å². The van der Waals surface area contributed by atoms with Gasteiger partial charge in [-0.3, -0.25) is 4.79 Å². The molecule has 1 aliphatic heterocycles. The normalized spacial score (nSPS) is 18.8. The number of amides is 1. The predicted octanol–water partition coefficient (Wildman–Crippen LogP) is 1.47. The maximum Gasteiger partial charge on any atom is 0.339 e. The molecule has 0 aromatic heterocycles. The fourth-order valence-electron chi connectivity index (χ4n) is 2.15. The van der Waals surface area contributed by atoms with E-state index in [1.54, 1.807) is 12.1 Å². The van der Waals surface area contributed by atoms with Crippen molar-refractivity contribution < 1.29 is 19.4 Å². The number of aliphatic hydroxyl groups excluding tert-OH is 1. The van der Waals surface area contributed by atoms with Crippen molar-refractivity contribution in [2.24, 2.45) is 5.92 Å². The summed E-state index contributed by atoms with van der Waals surface area (Å²) >= 11 is 5.92. The molecule has 1 aromatic rings. The third-order valence-corrected chi connectivity index (χ3v) is 3.35. The van der Waals surface area contributed by atoms with Gasteiger partial charge in [0, 0.05) is 30.5 Å². The van der Waals surface area contributed by atoms with Crippen molar-refractivity contribution in [1.82, 2.24) is 0 Å². The van der Waals surface area contributed by atoms with E-state index in [0.29, 0.717) is 22.8 Å². The first kappa shape index (κ1) is 13.8. The Labute approximate surface area is 115 Å². The second-order valence-electron chi connectivity index (χ2n) is 4.41. The third-order valence-electron chi connectivity index (χ3n) is 3.12. The molecule has 1 aliphatic rings. The van der Waals surface area contributed by atoms with Crippen molar-refractivity contribution in [3.05, 3.63) is 28.8 Å². The molecule has 5 nitrogen and oxygen atoms in total. The molecule has 102 valence electrons.